The molecule has 10 heteroatoms. The van der Waals surface area contributed by atoms with Gasteiger partial charge in [0.1, 0.15) is 10.8 Å². The van der Waals surface area contributed by atoms with Crippen LogP contribution in [0.1, 0.15) is 23.5 Å². The molecule has 1 atom stereocenters. The van der Waals surface area contributed by atoms with Crippen LogP contribution in [-0.2, 0) is 9.53 Å². The zero-order chi connectivity index (χ0) is 20.1. The molecule has 0 saturated heterocycles. The number of methoxy groups -OCH3 is 1. The molecule has 1 aliphatic rings. The number of nitrogens with zero attached hydrogens (tertiary/aromatic N) is 2. The second-order valence-electron chi connectivity index (χ2n) is 5.80. The van der Waals surface area contributed by atoms with Gasteiger partial charge in [-0.25, -0.2) is 9.59 Å². The van der Waals surface area contributed by atoms with Crippen LogP contribution in [0.5, 0.6) is 5.75 Å². The van der Waals surface area contributed by atoms with E-state index < -0.39 is 12.0 Å². The molecule has 3 rings (SSSR count). The fourth-order valence-corrected chi connectivity index (χ4v) is 4.51. The summed E-state index contributed by atoms with van der Waals surface area (Å²) in [5, 5.41) is 14.5. The van der Waals surface area contributed by atoms with Crippen molar-refractivity contribution >= 4 is 35.1 Å². The molecule has 0 fully saturated rings. The Morgan fingerprint density at radius 2 is 2.18 bits per heavy atom. The number of nitrogens with one attached hydrogen (secondary N) is 2. The summed E-state index contributed by atoms with van der Waals surface area (Å²) in [6.07, 6.45) is 0. The molecule has 0 radical (unpaired) electrons. The normalized spacial score (nSPS) is 16.4. The molecule has 0 saturated carbocycles. The minimum absolute atomic E-state index is 0.233. The van der Waals surface area contributed by atoms with Crippen molar-refractivity contribution in [3.05, 3.63) is 46.1 Å². The van der Waals surface area contributed by atoms with E-state index in [-0.39, 0.29) is 12.6 Å². The summed E-state index contributed by atoms with van der Waals surface area (Å²) in [7, 11) is 1.56. The Labute approximate surface area is 170 Å². The highest BCUT2D eigenvalue weighted by atomic mass is 32.2. The van der Waals surface area contributed by atoms with Gasteiger partial charge in [-0.1, -0.05) is 35.2 Å². The van der Waals surface area contributed by atoms with Gasteiger partial charge in [0, 0.05) is 11.4 Å². The molecular formula is C18H20N4O4S2. The number of urea groups is 1. The maximum absolute atomic E-state index is 12.7. The first-order chi connectivity index (χ1) is 13.5. The second-order valence-corrected chi connectivity index (χ2v) is 8.20. The third-order valence-electron chi connectivity index (χ3n) is 3.92. The molecule has 2 amide bonds. The van der Waals surface area contributed by atoms with E-state index >= 15 is 0 Å². The molecule has 8 nitrogen and oxygen atoms in total. The van der Waals surface area contributed by atoms with Crippen LogP contribution in [-0.4, -0.2) is 41.7 Å². The van der Waals surface area contributed by atoms with Crippen molar-refractivity contribution in [3.8, 4) is 5.75 Å². The lowest BCUT2D eigenvalue weighted by atomic mass is 9.95. The van der Waals surface area contributed by atoms with Crippen LogP contribution in [0, 0.1) is 6.92 Å². The molecular weight excluding hydrogens is 400 g/mol. The number of benzene rings is 1. The summed E-state index contributed by atoms with van der Waals surface area (Å²) in [5.41, 5.74) is 1.59. The lowest BCUT2D eigenvalue weighted by molar-refractivity contribution is -0.139. The lowest BCUT2D eigenvalue weighted by Gasteiger charge is -2.29. The van der Waals surface area contributed by atoms with E-state index in [0.29, 0.717) is 22.8 Å². The third kappa shape index (κ3) is 4.63. The molecule has 0 aliphatic carbocycles. The van der Waals surface area contributed by atoms with Crippen LogP contribution in [0.2, 0.25) is 0 Å². The minimum atomic E-state index is -0.644. The number of thioether (sulfide) groups is 1. The molecule has 2 N–H and O–H groups in total. The minimum Gasteiger partial charge on any atom is -0.497 e. The van der Waals surface area contributed by atoms with E-state index in [9.17, 15) is 9.59 Å². The smallest absolute Gasteiger partial charge is 0.338 e. The van der Waals surface area contributed by atoms with Gasteiger partial charge in [0.05, 0.1) is 25.3 Å². The molecule has 1 aromatic heterocycles. The Balaban J connectivity index is 1.98. The van der Waals surface area contributed by atoms with Gasteiger partial charge in [-0.05, 0) is 31.5 Å². The van der Waals surface area contributed by atoms with Gasteiger partial charge < -0.3 is 20.1 Å². The number of aryl methyl sites for hydroxylation is 1. The highest BCUT2D eigenvalue weighted by molar-refractivity contribution is 8.01. The summed E-state index contributed by atoms with van der Waals surface area (Å²) in [5.74, 6) is 0.511. The average Bonchev–Trinajstić information content (AvgIpc) is 3.11. The molecule has 2 heterocycles. The number of hydrogen-bond acceptors (Lipinski definition) is 8. The van der Waals surface area contributed by atoms with E-state index in [2.05, 4.69) is 20.8 Å². The molecule has 1 aromatic carbocycles. The molecule has 28 heavy (non-hydrogen) atoms. The molecule has 0 spiro atoms. The van der Waals surface area contributed by atoms with Gasteiger partial charge in [0.15, 0.2) is 4.34 Å². The van der Waals surface area contributed by atoms with Gasteiger partial charge in [-0.3, -0.25) is 0 Å². The highest BCUT2D eigenvalue weighted by Crippen LogP contribution is 2.32. The second kappa shape index (κ2) is 9.07. The van der Waals surface area contributed by atoms with Crippen LogP contribution in [0.15, 0.2) is 39.9 Å². The number of ether oxygens (including phenoxy) is 2. The molecule has 148 valence electrons. The van der Waals surface area contributed by atoms with E-state index in [1.807, 2.05) is 19.1 Å². The summed E-state index contributed by atoms with van der Waals surface area (Å²) < 4.78 is 11.3. The Morgan fingerprint density at radius 1 is 1.36 bits per heavy atom. The van der Waals surface area contributed by atoms with Crippen molar-refractivity contribution in [3.63, 3.8) is 0 Å². The SMILES string of the molecule is CCOC(=O)C1=C(CSc2nnc(C)s2)NC(=O)N[C@H]1c1cccc(OC)c1. The van der Waals surface area contributed by atoms with Crippen molar-refractivity contribution in [2.75, 3.05) is 19.5 Å². The van der Waals surface area contributed by atoms with Crippen molar-refractivity contribution in [2.24, 2.45) is 0 Å². The summed E-state index contributed by atoms with van der Waals surface area (Å²) in [4.78, 5) is 25.0. The van der Waals surface area contributed by atoms with Crippen LogP contribution in [0.3, 0.4) is 0 Å². The first kappa shape index (κ1) is 20.2. The number of aromatic nitrogens is 2. The summed E-state index contributed by atoms with van der Waals surface area (Å²) in [6.45, 7) is 3.85. The van der Waals surface area contributed by atoms with Gasteiger partial charge in [-0.15, -0.1) is 10.2 Å². The van der Waals surface area contributed by atoms with E-state index in [1.165, 1.54) is 23.1 Å². The van der Waals surface area contributed by atoms with Crippen molar-refractivity contribution in [2.45, 2.75) is 24.2 Å². The first-order valence-electron chi connectivity index (χ1n) is 8.56. The molecule has 0 unspecified atom stereocenters. The monoisotopic (exact) mass is 420 g/mol. The van der Waals surface area contributed by atoms with Crippen LogP contribution >= 0.6 is 23.1 Å². The van der Waals surface area contributed by atoms with Gasteiger partial charge in [0.25, 0.3) is 0 Å². The predicted octanol–water partition coefficient (Wildman–Crippen LogP) is 2.82. The molecule has 2 aromatic rings. The summed E-state index contributed by atoms with van der Waals surface area (Å²) in [6, 6.07) is 6.20. The number of hydrogen-bond donors (Lipinski definition) is 2. The molecule has 0 bridgehead atoms. The average molecular weight is 421 g/mol. The van der Waals surface area contributed by atoms with Crippen molar-refractivity contribution < 1.29 is 19.1 Å². The number of esters is 1. The van der Waals surface area contributed by atoms with Gasteiger partial charge >= 0.3 is 12.0 Å². The van der Waals surface area contributed by atoms with Gasteiger partial charge in [0.2, 0.25) is 0 Å². The van der Waals surface area contributed by atoms with Crippen molar-refractivity contribution in [1.82, 2.24) is 20.8 Å². The Bertz CT molecular complexity index is 912. The Kier molecular flexibility index (Phi) is 6.53. The van der Waals surface area contributed by atoms with E-state index in [1.54, 1.807) is 26.2 Å². The lowest BCUT2D eigenvalue weighted by Crippen LogP contribution is -2.46. The fraction of sp³-hybridized carbons (Fsp3) is 0.333. The zero-order valence-corrected chi connectivity index (χ0v) is 17.3. The number of carbonyl (C=O) groups excluding carboxylic acids is 2. The standard InChI is InChI=1S/C18H20N4O4S2/c1-4-26-16(23)14-13(9-27-18-22-21-10(2)28-18)19-17(24)20-15(14)11-6-5-7-12(8-11)25-3/h5-8,15H,4,9H2,1-3H3,(H2,19,20,24)/t15-/m0/s1. The van der Waals surface area contributed by atoms with Crippen molar-refractivity contribution in [1.29, 1.82) is 0 Å². The maximum atomic E-state index is 12.7. The number of rotatable bonds is 7. The predicted molar refractivity (Wildman–Crippen MR) is 106 cm³/mol. The topological polar surface area (TPSA) is 102 Å². The van der Waals surface area contributed by atoms with Crippen LogP contribution in [0.4, 0.5) is 4.79 Å². The highest BCUT2D eigenvalue weighted by Gasteiger charge is 2.34. The fourth-order valence-electron chi connectivity index (χ4n) is 2.72. The quantitative estimate of drug-likeness (QED) is 0.524. The number of carbonyl (C=O) groups is 2. The summed E-state index contributed by atoms with van der Waals surface area (Å²) >= 11 is 2.86. The maximum Gasteiger partial charge on any atom is 0.338 e. The van der Waals surface area contributed by atoms with Crippen LogP contribution < -0.4 is 15.4 Å². The third-order valence-corrected chi connectivity index (χ3v) is 5.92. The van der Waals surface area contributed by atoms with E-state index in [0.717, 1.165) is 14.9 Å². The van der Waals surface area contributed by atoms with Gasteiger partial charge in [-0.2, -0.15) is 0 Å². The van der Waals surface area contributed by atoms with Crippen LogP contribution in [0.25, 0.3) is 0 Å². The number of amides is 2. The zero-order valence-electron chi connectivity index (χ0n) is 15.6. The largest absolute Gasteiger partial charge is 0.497 e. The Morgan fingerprint density at radius 3 is 2.86 bits per heavy atom. The molecule has 1 aliphatic heterocycles. The Hall–Kier alpha value is -2.59. The van der Waals surface area contributed by atoms with E-state index in [4.69, 9.17) is 9.47 Å². The first-order valence-corrected chi connectivity index (χ1v) is 10.4.